The summed E-state index contributed by atoms with van der Waals surface area (Å²) < 4.78 is 53.9. The Hall–Kier alpha value is -2.74. The SMILES string of the molecule is COc1ccccc1/C=C/C(=O)Nc1ccccc1S(=O)(=O)C(F)F. The van der Waals surface area contributed by atoms with Gasteiger partial charge in [0.15, 0.2) is 0 Å². The van der Waals surface area contributed by atoms with E-state index in [-0.39, 0.29) is 5.69 Å². The predicted molar refractivity (Wildman–Crippen MR) is 90.3 cm³/mol. The molecule has 5 nitrogen and oxygen atoms in total. The third-order valence-corrected chi connectivity index (χ3v) is 4.68. The van der Waals surface area contributed by atoms with Crippen LogP contribution in [0.3, 0.4) is 0 Å². The molecule has 132 valence electrons. The third-order valence-electron chi connectivity index (χ3n) is 3.24. The van der Waals surface area contributed by atoms with Crippen molar-refractivity contribution in [1.29, 1.82) is 0 Å². The lowest BCUT2D eigenvalue weighted by molar-refractivity contribution is -0.111. The van der Waals surface area contributed by atoms with Crippen molar-refractivity contribution in [3.8, 4) is 5.75 Å². The molecule has 0 unspecified atom stereocenters. The summed E-state index contributed by atoms with van der Waals surface area (Å²) in [5.41, 5.74) is 0.422. The molecule has 0 atom stereocenters. The maximum absolute atomic E-state index is 12.7. The van der Waals surface area contributed by atoms with Crippen LogP contribution in [0.5, 0.6) is 5.75 Å². The first kappa shape index (κ1) is 18.6. The van der Waals surface area contributed by atoms with Gasteiger partial charge in [-0.25, -0.2) is 8.42 Å². The molecule has 8 heteroatoms. The molecular weight excluding hydrogens is 352 g/mol. The van der Waals surface area contributed by atoms with Gasteiger partial charge in [0.2, 0.25) is 15.7 Å². The lowest BCUT2D eigenvalue weighted by Crippen LogP contribution is -2.16. The second-order valence-corrected chi connectivity index (χ2v) is 6.75. The van der Waals surface area contributed by atoms with E-state index in [0.717, 1.165) is 12.1 Å². The van der Waals surface area contributed by atoms with E-state index < -0.39 is 26.4 Å². The number of hydrogen-bond acceptors (Lipinski definition) is 4. The molecule has 0 bridgehead atoms. The molecule has 2 aromatic carbocycles. The van der Waals surface area contributed by atoms with E-state index in [0.29, 0.717) is 11.3 Å². The molecule has 1 amide bonds. The van der Waals surface area contributed by atoms with Crippen LogP contribution in [0, 0.1) is 0 Å². The van der Waals surface area contributed by atoms with Gasteiger partial charge in [-0.15, -0.1) is 0 Å². The zero-order valence-electron chi connectivity index (χ0n) is 13.1. The number of carbonyl (C=O) groups is 1. The zero-order valence-corrected chi connectivity index (χ0v) is 14.0. The van der Waals surface area contributed by atoms with Crippen LogP contribution in [0.25, 0.3) is 6.08 Å². The Morgan fingerprint density at radius 2 is 1.76 bits per heavy atom. The minimum Gasteiger partial charge on any atom is -0.496 e. The number of hydrogen-bond donors (Lipinski definition) is 1. The first-order valence-corrected chi connectivity index (χ1v) is 8.64. The van der Waals surface area contributed by atoms with Crippen LogP contribution < -0.4 is 10.1 Å². The molecule has 25 heavy (non-hydrogen) atoms. The molecule has 1 N–H and O–H groups in total. The van der Waals surface area contributed by atoms with Crippen molar-refractivity contribution >= 4 is 27.5 Å². The van der Waals surface area contributed by atoms with Crippen LogP contribution in [-0.2, 0) is 14.6 Å². The Balaban J connectivity index is 2.23. The molecule has 2 aromatic rings. The molecule has 0 heterocycles. The standard InChI is InChI=1S/C17H15F2NO4S/c1-24-14-8-4-2-6-12(14)10-11-16(21)20-13-7-3-5-9-15(13)25(22,23)17(18)19/h2-11,17H,1H3,(H,20,21)/b11-10+. The Kier molecular flexibility index (Phi) is 5.87. The zero-order chi connectivity index (χ0) is 18.4. The Morgan fingerprint density at radius 3 is 2.44 bits per heavy atom. The van der Waals surface area contributed by atoms with Crippen molar-refractivity contribution in [2.24, 2.45) is 0 Å². The average Bonchev–Trinajstić information content (AvgIpc) is 2.60. The fourth-order valence-corrected chi connectivity index (χ4v) is 2.94. The number of para-hydroxylation sites is 2. The van der Waals surface area contributed by atoms with Crippen LogP contribution in [0.15, 0.2) is 59.5 Å². The van der Waals surface area contributed by atoms with Gasteiger partial charge in [0.25, 0.3) is 0 Å². The van der Waals surface area contributed by atoms with Gasteiger partial charge in [0.05, 0.1) is 17.7 Å². The number of anilines is 1. The minimum absolute atomic E-state index is 0.211. The summed E-state index contributed by atoms with van der Waals surface area (Å²) in [6.45, 7) is 0. The van der Waals surface area contributed by atoms with Crippen molar-refractivity contribution in [3.05, 3.63) is 60.2 Å². The fraction of sp³-hybridized carbons (Fsp3) is 0.118. The van der Waals surface area contributed by atoms with Gasteiger partial charge in [0.1, 0.15) is 5.75 Å². The number of carbonyl (C=O) groups excluding carboxylic acids is 1. The summed E-state index contributed by atoms with van der Waals surface area (Å²) >= 11 is 0. The largest absolute Gasteiger partial charge is 0.496 e. The van der Waals surface area contributed by atoms with Gasteiger partial charge in [0, 0.05) is 11.6 Å². The van der Waals surface area contributed by atoms with Gasteiger partial charge >= 0.3 is 5.76 Å². The molecule has 0 aliphatic heterocycles. The molecule has 2 rings (SSSR count). The fourth-order valence-electron chi connectivity index (χ4n) is 2.06. The number of halogens is 2. The molecule has 0 aromatic heterocycles. The third kappa shape index (κ3) is 4.42. The molecular formula is C17H15F2NO4S. The highest BCUT2D eigenvalue weighted by atomic mass is 32.2. The maximum Gasteiger partial charge on any atom is 0.341 e. The average molecular weight is 367 g/mol. The number of sulfone groups is 1. The van der Waals surface area contributed by atoms with E-state index in [1.165, 1.54) is 31.4 Å². The van der Waals surface area contributed by atoms with Crippen molar-refractivity contribution in [2.45, 2.75) is 10.7 Å². The lowest BCUT2D eigenvalue weighted by Gasteiger charge is -2.10. The van der Waals surface area contributed by atoms with E-state index >= 15 is 0 Å². The van der Waals surface area contributed by atoms with E-state index in [1.54, 1.807) is 24.3 Å². The molecule has 0 saturated carbocycles. The molecule has 0 fully saturated rings. The second kappa shape index (κ2) is 7.89. The summed E-state index contributed by atoms with van der Waals surface area (Å²) in [4.78, 5) is 11.4. The van der Waals surface area contributed by atoms with Gasteiger partial charge in [-0.1, -0.05) is 30.3 Å². The Bertz CT molecular complexity index is 895. The first-order chi connectivity index (χ1) is 11.9. The Morgan fingerprint density at radius 1 is 1.12 bits per heavy atom. The van der Waals surface area contributed by atoms with Crippen molar-refractivity contribution in [2.75, 3.05) is 12.4 Å². The topological polar surface area (TPSA) is 72.5 Å². The van der Waals surface area contributed by atoms with E-state index in [2.05, 4.69) is 5.32 Å². The number of benzene rings is 2. The summed E-state index contributed by atoms with van der Waals surface area (Å²) in [5.74, 6) is -3.69. The van der Waals surface area contributed by atoms with Crippen LogP contribution >= 0.6 is 0 Å². The number of ether oxygens (including phenoxy) is 1. The van der Waals surface area contributed by atoms with Crippen molar-refractivity contribution < 1.29 is 26.7 Å². The van der Waals surface area contributed by atoms with E-state index in [9.17, 15) is 22.0 Å². The molecule has 0 spiro atoms. The molecule has 0 aliphatic carbocycles. The lowest BCUT2D eigenvalue weighted by atomic mass is 10.2. The number of amides is 1. The van der Waals surface area contributed by atoms with Crippen LogP contribution in [-0.4, -0.2) is 27.2 Å². The van der Waals surface area contributed by atoms with Gasteiger partial charge in [-0.2, -0.15) is 8.78 Å². The number of nitrogens with one attached hydrogen (secondary N) is 1. The highest BCUT2D eigenvalue weighted by Crippen LogP contribution is 2.26. The highest BCUT2D eigenvalue weighted by molar-refractivity contribution is 7.91. The summed E-state index contributed by atoms with van der Waals surface area (Å²) in [5, 5.41) is 2.30. The first-order valence-electron chi connectivity index (χ1n) is 7.09. The normalized spacial score (nSPS) is 11.7. The molecule has 0 saturated heterocycles. The number of methoxy groups -OCH3 is 1. The van der Waals surface area contributed by atoms with Crippen molar-refractivity contribution in [3.63, 3.8) is 0 Å². The minimum atomic E-state index is -4.82. The summed E-state index contributed by atoms with van der Waals surface area (Å²) in [6.07, 6.45) is 2.63. The maximum atomic E-state index is 12.7. The highest BCUT2D eigenvalue weighted by Gasteiger charge is 2.29. The smallest absolute Gasteiger partial charge is 0.341 e. The van der Waals surface area contributed by atoms with Crippen LogP contribution in [0.2, 0.25) is 0 Å². The molecule has 0 radical (unpaired) electrons. The van der Waals surface area contributed by atoms with Crippen LogP contribution in [0.4, 0.5) is 14.5 Å². The Labute approximate surface area is 143 Å². The number of rotatable bonds is 6. The predicted octanol–water partition coefficient (Wildman–Crippen LogP) is 3.34. The second-order valence-electron chi connectivity index (χ2n) is 4.87. The quantitative estimate of drug-likeness (QED) is 0.795. The van der Waals surface area contributed by atoms with Crippen molar-refractivity contribution in [1.82, 2.24) is 0 Å². The van der Waals surface area contributed by atoms with Gasteiger partial charge < -0.3 is 10.1 Å². The van der Waals surface area contributed by atoms with E-state index in [4.69, 9.17) is 4.74 Å². The van der Waals surface area contributed by atoms with Crippen LogP contribution in [0.1, 0.15) is 5.56 Å². The van der Waals surface area contributed by atoms with E-state index in [1.807, 2.05) is 0 Å². The van der Waals surface area contributed by atoms with Gasteiger partial charge in [-0.05, 0) is 24.3 Å². The monoisotopic (exact) mass is 367 g/mol. The summed E-state index contributed by atoms with van der Waals surface area (Å²) in [6, 6.07) is 11.9. The number of alkyl halides is 2. The summed E-state index contributed by atoms with van der Waals surface area (Å²) in [7, 11) is -3.34. The van der Waals surface area contributed by atoms with Gasteiger partial charge in [-0.3, -0.25) is 4.79 Å². The molecule has 0 aliphatic rings.